The van der Waals surface area contributed by atoms with Crippen LogP contribution in [0.2, 0.25) is 0 Å². The number of hydrogen-bond acceptors (Lipinski definition) is 4. The SMILES string of the molecule is CCOc1cc(Br)ccc1NCC(O)CO. The zero-order chi connectivity index (χ0) is 12.0. The Balaban J connectivity index is 2.70. The van der Waals surface area contributed by atoms with E-state index in [4.69, 9.17) is 9.84 Å². The maximum absolute atomic E-state index is 9.23. The first-order valence-electron chi connectivity index (χ1n) is 5.12. The molecule has 5 heteroatoms. The minimum Gasteiger partial charge on any atom is -0.492 e. The van der Waals surface area contributed by atoms with Crippen LogP contribution in [0.25, 0.3) is 0 Å². The largest absolute Gasteiger partial charge is 0.492 e. The monoisotopic (exact) mass is 289 g/mol. The Morgan fingerprint density at radius 3 is 2.88 bits per heavy atom. The van der Waals surface area contributed by atoms with Crippen molar-refractivity contribution < 1.29 is 14.9 Å². The van der Waals surface area contributed by atoms with Crippen molar-refractivity contribution in [2.75, 3.05) is 25.1 Å². The maximum atomic E-state index is 9.23. The van der Waals surface area contributed by atoms with Crippen LogP contribution < -0.4 is 10.1 Å². The molecule has 0 saturated heterocycles. The molecule has 1 aromatic carbocycles. The minimum atomic E-state index is -0.766. The van der Waals surface area contributed by atoms with Crippen LogP contribution in [0.15, 0.2) is 22.7 Å². The number of halogens is 1. The lowest BCUT2D eigenvalue weighted by Crippen LogP contribution is -2.23. The Kier molecular flexibility index (Phi) is 5.59. The molecule has 1 rings (SSSR count). The smallest absolute Gasteiger partial charge is 0.143 e. The van der Waals surface area contributed by atoms with Gasteiger partial charge in [-0.05, 0) is 25.1 Å². The van der Waals surface area contributed by atoms with Crippen molar-refractivity contribution in [1.29, 1.82) is 0 Å². The molecule has 1 atom stereocenters. The van der Waals surface area contributed by atoms with Crippen molar-refractivity contribution in [3.05, 3.63) is 22.7 Å². The van der Waals surface area contributed by atoms with Crippen LogP contribution in [-0.4, -0.2) is 36.1 Å². The van der Waals surface area contributed by atoms with Crippen molar-refractivity contribution in [3.8, 4) is 5.75 Å². The topological polar surface area (TPSA) is 61.7 Å². The van der Waals surface area contributed by atoms with E-state index in [-0.39, 0.29) is 13.2 Å². The van der Waals surface area contributed by atoms with Gasteiger partial charge < -0.3 is 20.3 Å². The van der Waals surface area contributed by atoms with E-state index >= 15 is 0 Å². The van der Waals surface area contributed by atoms with Gasteiger partial charge in [0.05, 0.1) is 25.0 Å². The normalized spacial score (nSPS) is 12.2. The van der Waals surface area contributed by atoms with E-state index in [0.29, 0.717) is 6.61 Å². The average Bonchev–Trinajstić information content (AvgIpc) is 2.28. The molecule has 4 nitrogen and oxygen atoms in total. The Morgan fingerprint density at radius 2 is 2.25 bits per heavy atom. The summed E-state index contributed by atoms with van der Waals surface area (Å²) in [6, 6.07) is 5.60. The molecule has 3 N–H and O–H groups in total. The molecule has 90 valence electrons. The summed E-state index contributed by atoms with van der Waals surface area (Å²) in [6.07, 6.45) is -0.766. The fourth-order valence-corrected chi connectivity index (χ4v) is 1.55. The highest BCUT2D eigenvalue weighted by Gasteiger charge is 2.06. The van der Waals surface area contributed by atoms with Gasteiger partial charge in [0.15, 0.2) is 0 Å². The fourth-order valence-electron chi connectivity index (χ4n) is 1.21. The summed E-state index contributed by atoms with van der Waals surface area (Å²) in [5.41, 5.74) is 0.803. The molecular weight excluding hydrogens is 274 g/mol. The summed E-state index contributed by atoms with van der Waals surface area (Å²) < 4.78 is 6.38. The van der Waals surface area contributed by atoms with Crippen molar-refractivity contribution in [2.45, 2.75) is 13.0 Å². The van der Waals surface area contributed by atoms with Crippen molar-refractivity contribution in [1.82, 2.24) is 0 Å². The summed E-state index contributed by atoms with van der Waals surface area (Å²) >= 11 is 3.36. The quantitative estimate of drug-likeness (QED) is 0.745. The van der Waals surface area contributed by atoms with E-state index in [9.17, 15) is 5.11 Å². The van der Waals surface area contributed by atoms with Gasteiger partial charge in [0.25, 0.3) is 0 Å². The van der Waals surface area contributed by atoms with E-state index in [1.807, 2.05) is 25.1 Å². The van der Waals surface area contributed by atoms with Crippen molar-refractivity contribution >= 4 is 21.6 Å². The van der Waals surface area contributed by atoms with Gasteiger partial charge in [-0.2, -0.15) is 0 Å². The number of anilines is 1. The summed E-state index contributed by atoms with van der Waals surface area (Å²) in [7, 11) is 0. The molecule has 0 saturated carbocycles. The summed E-state index contributed by atoms with van der Waals surface area (Å²) in [6.45, 7) is 2.52. The molecule has 0 heterocycles. The number of ether oxygens (including phenoxy) is 1. The fraction of sp³-hybridized carbons (Fsp3) is 0.455. The molecule has 0 aliphatic carbocycles. The molecule has 1 unspecified atom stereocenters. The van der Waals surface area contributed by atoms with Gasteiger partial charge in [-0.3, -0.25) is 0 Å². The van der Waals surface area contributed by atoms with E-state index in [1.54, 1.807) is 0 Å². The molecule has 1 aromatic rings. The zero-order valence-corrected chi connectivity index (χ0v) is 10.7. The van der Waals surface area contributed by atoms with E-state index in [2.05, 4.69) is 21.2 Å². The third-order valence-electron chi connectivity index (χ3n) is 1.98. The molecule has 16 heavy (non-hydrogen) atoms. The van der Waals surface area contributed by atoms with Crippen LogP contribution in [0.5, 0.6) is 5.75 Å². The Hall–Kier alpha value is -0.780. The molecule has 0 aromatic heterocycles. The van der Waals surface area contributed by atoms with Gasteiger partial charge >= 0.3 is 0 Å². The summed E-state index contributed by atoms with van der Waals surface area (Å²) in [5, 5.41) is 21.0. The van der Waals surface area contributed by atoms with Crippen LogP contribution in [0.4, 0.5) is 5.69 Å². The minimum absolute atomic E-state index is 0.256. The molecule has 0 bridgehead atoms. The number of aliphatic hydroxyl groups is 2. The third kappa shape index (κ3) is 4.00. The highest BCUT2D eigenvalue weighted by molar-refractivity contribution is 9.10. The Labute approximate surface area is 103 Å². The molecule has 0 radical (unpaired) electrons. The lowest BCUT2D eigenvalue weighted by atomic mass is 10.2. The van der Waals surface area contributed by atoms with Gasteiger partial charge in [0.1, 0.15) is 5.75 Å². The van der Waals surface area contributed by atoms with E-state index in [0.717, 1.165) is 15.9 Å². The van der Waals surface area contributed by atoms with Gasteiger partial charge in [-0.1, -0.05) is 15.9 Å². The number of aliphatic hydroxyl groups excluding tert-OH is 2. The lowest BCUT2D eigenvalue weighted by molar-refractivity contribution is 0.105. The van der Waals surface area contributed by atoms with Crippen LogP contribution in [0.1, 0.15) is 6.92 Å². The second-order valence-electron chi connectivity index (χ2n) is 3.29. The molecule has 0 aliphatic heterocycles. The first kappa shape index (κ1) is 13.3. The summed E-state index contributed by atoms with van der Waals surface area (Å²) in [4.78, 5) is 0. The molecule has 0 fully saturated rings. The molecule has 0 spiro atoms. The van der Waals surface area contributed by atoms with Gasteiger partial charge in [0.2, 0.25) is 0 Å². The van der Waals surface area contributed by atoms with Crippen LogP contribution in [0.3, 0.4) is 0 Å². The van der Waals surface area contributed by atoms with Crippen LogP contribution >= 0.6 is 15.9 Å². The van der Waals surface area contributed by atoms with E-state index in [1.165, 1.54) is 0 Å². The molecule has 0 aliphatic rings. The first-order chi connectivity index (χ1) is 7.67. The average molecular weight is 290 g/mol. The maximum Gasteiger partial charge on any atom is 0.143 e. The predicted molar refractivity (Wildman–Crippen MR) is 66.9 cm³/mol. The third-order valence-corrected chi connectivity index (χ3v) is 2.48. The summed E-state index contributed by atoms with van der Waals surface area (Å²) in [5.74, 6) is 0.724. The predicted octanol–water partition coefficient (Wildman–Crippen LogP) is 1.61. The highest BCUT2D eigenvalue weighted by Crippen LogP contribution is 2.28. The Bertz CT molecular complexity index is 333. The van der Waals surface area contributed by atoms with E-state index < -0.39 is 6.10 Å². The number of rotatable bonds is 6. The second kappa shape index (κ2) is 6.73. The van der Waals surface area contributed by atoms with Crippen molar-refractivity contribution in [2.24, 2.45) is 0 Å². The molecule has 0 amide bonds. The number of nitrogens with one attached hydrogen (secondary N) is 1. The van der Waals surface area contributed by atoms with Crippen LogP contribution in [-0.2, 0) is 0 Å². The number of hydrogen-bond donors (Lipinski definition) is 3. The van der Waals surface area contributed by atoms with Gasteiger partial charge in [-0.15, -0.1) is 0 Å². The first-order valence-corrected chi connectivity index (χ1v) is 5.91. The van der Waals surface area contributed by atoms with Gasteiger partial charge in [0, 0.05) is 11.0 Å². The number of benzene rings is 1. The van der Waals surface area contributed by atoms with Crippen LogP contribution in [0, 0.1) is 0 Å². The second-order valence-corrected chi connectivity index (χ2v) is 4.21. The van der Waals surface area contributed by atoms with Gasteiger partial charge in [-0.25, -0.2) is 0 Å². The highest BCUT2D eigenvalue weighted by atomic mass is 79.9. The van der Waals surface area contributed by atoms with Crippen molar-refractivity contribution in [3.63, 3.8) is 0 Å². The Morgan fingerprint density at radius 1 is 1.50 bits per heavy atom. The zero-order valence-electron chi connectivity index (χ0n) is 9.11. The molecular formula is C11H16BrNO3. The standard InChI is InChI=1S/C11H16BrNO3/c1-2-16-11-5-8(12)3-4-10(11)13-6-9(15)7-14/h3-5,9,13-15H,2,6-7H2,1H3. The lowest BCUT2D eigenvalue weighted by Gasteiger charge is -2.14.